The van der Waals surface area contributed by atoms with Gasteiger partial charge in [-0.15, -0.1) is 0 Å². The summed E-state index contributed by atoms with van der Waals surface area (Å²) in [7, 11) is 0. The third-order valence-electron chi connectivity index (χ3n) is 6.06. The van der Waals surface area contributed by atoms with Crippen LogP contribution in [0.3, 0.4) is 0 Å². The van der Waals surface area contributed by atoms with Gasteiger partial charge >= 0.3 is 0 Å². The summed E-state index contributed by atoms with van der Waals surface area (Å²) in [5.74, 6) is -0.903. The molecule has 0 saturated heterocycles. The molecule has 1 aliphatic rings. The van der Waals surface area contributed by atoms with Gasteiger partial charge in [0.25, 0.3) is 11.8 Å². The number of amides is 4. The van der Waals surface area contributed by atoms with Crippen molar-refractivity contribution >= 4 is 46.8 Å². The molecule has 9 heteroatoms. The predicted octanol–water partition coefficient (Wildman–Crippen LogP) is 4.95. The molecular weight excluding hydrogens is 501 g/mol. The fourth-order valence-electron chi connectivity index (χ4n) is 4.15. The maximum absolute atomic E-state index is 13.4. The number of hydrogen-bond acceptors (Lipinski definition) is 4. The van der Waals surface area contributed by atoms with Crippen molar-refractivity contribution in [3.05, 3.63) is 69.2 Å². The molecule has 0 saturated carbocycles. The summed E-state index contributed by atoms with van der Waals surface area (Å²) in [6.07, 6.45) is 0.782. The highest BCUT2D eigenvalue weighted by molar-refractivity contribution is 6.42. The van der Waals surface area contributed by atoms with Crippen molar-refractivity contribution in [3.8, 4) is 0 Å². The minimum atomic E-state index is -0.676. The van der Waals surface area contributed by atoms with Gasteiger partial charge in [0, 0.05) is 26.1 Å². The SMILES string of the molecule is CC[C@@H](C(=O)NCC(C)C)N(Cc1ccc(Cl)c(Cl)c1)C(=O)CCCN1C(=O)c2ccccc2C1=O. The lowest BCUT2D eigenvalue weighted by atomic mass is 10.1. The Kier molecular flexibility index (Phi) is 9.51. The summed E-state index contributed by atoms with van der Waals surface area (Å²) in [5.41, 5.74) is 1.50. The minimum absolute atomic E-state index is 0.0721. The van der Waals surface area contributed by atoms with Crippen LogP contribution in [0.2, 0.25) is 10.0 Å². The van der Waals surface area contributed by atoms with E-state index in [1.807, 2.05) is 20.8 Å². The normalized spacial score (nSPS) is 13.7. The Morgan fingerprint density at radius 2 is 1.64 bits per heavy atom. The Labute approximate surface area is 221 Å². The number of nitrogens with one attached hydrogen (secondary N) is 1. The molecule has 1 heterocycles. The standard InChI is InChI=1S/C27H31Cl2N3O4/c1-4-23(25(34)30-15-17(2)3)32(16-18-11-12-21(28)22(29)14-18)24(33)10-7-13-31-26(35)19-8-5-6-9-20(19)27(31)36/h5-6,8-9,11-12,14,17,23H,4,7,10,13,15-16H2,1-3H3,(H,30,34)/t23-/m0/s1. The van der Waals surface area contributed by atoms with Crippen LogP contribution in [0, 0.1) is 5.92 Å². The highest BCUT2D eigenvalue weighted by Gasteiger charge is 2.35. The van der Waals surface area contributed by atoms with Gasteiger partial charge in [-0.25, -0.2) is 0 Å². The second kappa shape index (κ2) is 12.4. The van der Waals surface area contributed by atoms with Gasteiger partial charge in [0.05, 0.1) is 21.2 Å². The highest BCUT2D eigenvalue weighted by atomic mass is 35.5. The minimum Gasteiger partial charge on any atom is -0.354 e. The Balaban J connectivity index is 1.72. The maximum atomic E-state index is 13.4. The summed E-state index contributed by atoms with van der Waals surface area (Å²) in [6, 6.07) is 11.1. The zero-order chi connectivity index (χ0) is 26.4. The van der Waals surface area contributed by atoms with Gasteiger partial charge in [-0.1, -0.05) is 62.2 Å². The van der Waals surface area contributed by atoms with Crippen molar-refractivity contribution in [2.75, 3.05) is 13.1 Å². The van der Waals surface area contributed by atoms with Crippen LogP contribution >= 0.6 is 23.2 Å². The lowest BCUT2D eigenvalue weighted by Gasteiger charge is -2.31. The van der Waals surface area contributed by atoms with E-state index < -0.39 is 6.04 Å². The third-order valence-corrected chi connectivity index (χ3v) is 6.80. The Hall–Kier alpha value is -2.90. The van der Waals surface area contributed by atoms with Gasteiger partial charge in [-0.2, -0.15) is 0 Å². The molecule has 0 unspecified atom stereocenters. The molecule has 1 N–H and O–H groups in total. The van der Waals surface area contributed by atoms with Crippen molar-refractivity contribution < 1.29 is 19.2 Å². The van der Waals surface area contributed by atoms with Crippen molar-refractivity contribution in [1.29, 1.82) is 0 Å². The van der Waals surface area contributed by atoms with E-state index in [-0.39, 0.29) is 55.5 Å². The third kappa shape index (κ3) is 6.45. The van der Waals surface area contributed by atoms with Crippen molar-refractivity contribution in [2.45, 2.75) is 52.6 Å². The van der Waals surface area contributed by atoms with Crippen LogP contribution in [0.4, 0.5) is 0 Å². The highest BCUT2D eigenvalue weighted by Crippen LogP contribution is 2.25. The van der Waals surface area contributed by atoms with E-state index in [4.69, 9.17) is 23.2 Å². The molecule has 192 valence electrons. The lowest BCUT2D eigenvalue weighted by molar-refractivity contribution is -0.141. The quantitative estimate of drug-likeness (QED) is 0.415. The summed E-state index contributed by atoms with van der Waals surface area (Å²) in [5, 5.41) is 3.69. The molecule has 1 atom stereocenters. The summed E-state index contributed by atoms with van der Waals surface area (Å²) >= 11 is 12.2. The number of nitrogens with zero attached hydrogens (tertiary/aromatic N) is 2. The first-order valence-corrected chi connectivity index (χ1v) is 12.9. The average Bonchev–Trinajstić information content (AvgIpc) is 3.09. The van der Waals surface area contributed by atoms with Crippen LogP contribution in [-0.4, -0.2) is 52.6 Å². The molecule has 3 rings (SSSR count). The number of imide groups is 1. The second-order valence-electron chi connectivity index (χ2n) is 9.24. The molecule has 0 bridgehead atoms. The van der Waals surface area contributed by atoms with E-state index in [1.54, 1.807) is 42.5 Å². The Morgan fingerprint density at radius 3 is 2.19 bits per heavy atom. The molecule has 0 fully saturated rings. The van der Waals surface area contributed by atoms with Crippen LogP contribution in [0.15, 0.2) is 42.5 Å². The number of carbonyl (C=O) groups is 4. The number of fused-ring (bicyclic) bond motifs is 1. The fourth-order valence-corrected chi connectivity index (χ4v) is 4.47. The molecule has 2 aromatic rings. The molecular formula is C27H31Cl2N3O4. The molecule has 0 spiro atoms. The average molecular weight is 532 g/mol. The van der Waals surface area contributed by atoms with Gasteiger partial charge in [-0.05, 0) is 48.6 Å². The number of rotatable bonds is 11. The second-order valence-corrected chi connectivity index (χ2v) is 10.1. The van der Waals surface area contributed by atoms with Crippen LogP contribution in [0.25, 0.3) is 0 Å². The Bertz CT molecular complexity index is 1120. The van der Waals surface area contributed by atoms with Crippen LogP contribution in [-0.2, 0) is 16.1 Å². The zero-order valence-corrected chi connectivity index (χ0v) is 22.2. The molecule has 0 aromatic heterocycles. The van der Waals surface area contributed by atoms with Crippen LogP contribution < -0.4 is 5.32 Å². The van der Waals surface area contributed by atoms with E-state index in [0.29, 0.717) is 34.1 Å². The van der Waals surface area contributed by atoms with E-state index >= 15 is 0 Å². The van der Waals surface area contributed by atoms with Crippen LogP contribution in [0.5, 0.6) is 0 Å². The predicted molar refractivity (Wildman–Crippen MR) is 140 cm³/mol. The van der Waals surface area contributed by atoms with Crippen molar-refractivity contribution in [1.82, 2.24) is 15.1 Å². The van der Waals surface area contributed by atoms with Crippen molar-refractivity contribution in [2.24, 2.45) is 5.92 Å². The van der Waals surface area contributed by atoms with Crippen LogP contribution in [0.1, 0.15) is 66.3 Å². The number of hydrogen-bond donors (Lipinski definition) is 1. The van der Waals surface area contributed by atoms with E-state index in [9.17, 15) is 19.2 Å². The summed E-state index contributed by atoms with van der Waals surface area (Å²) in [6.45, 7) is 6.65. The first kappa shape index (κ1) is 27.7. The number of benzene rings is 2. The van der Waals surface area contributed by atoms with Gasteiger partial charge < -0.3 is 10.2 Å². The molecule has 36 heavy (non-hydrogen) atoms. The summed E-state index contributed by atoms with van der Waals surface area (Å²) in [4.78, 5) is 54.3. The maximum Gasteiger partial charge on any atom is 0.261 e. The van der Waals surface area contributed by atoms with Gasteiger partial charge in [-0.3, -0.25) is 24.1 Å². The summed E-state index contributed by atoms with van der Waals surface area (Å²) < 4.78 is 0. The Morgan fingerprint density at radius 1 is 1.00 bits per heavy atom. The molecule has 4 amide bonds. The molecule has 7 nitrogen and oxygen atoms in total. The van der Waals surface area contributed by atoms with Gasteiger partial charge in [0.2, 0.25) is 11.8 Å². The molecule has 1 aliphatic heterocycles. The van der Waals surface area contributed by atoms with E-state index in [1.165, 1.54) is 9.80 Å². The number of carbonyl (C=O) groups excluding carboxylic acids is 4. The molecule has 0 aliphatic carbocycles. The zero-order valence-electron chi connectivity index (χ0n) is 20.7. The topological polar surface area (TPSA) is 86.8 Å². The van der Waals surface area contributed by atoms with E-state index in [2.05, 4.69) is 5.32 Å². The smallest absolute Gasteiger partial charge is 0.261 e. The molecule has 0 radical (unpaired) electrons. The van der Waals surface area contributed by atoms with Gasteiger partial charge in [0.15, 0.2) is 0 Å². The fraction of sp³-hybridized carbons (Fsp3) is 0.407. The largest absolute Gasteiger partial charge is 0.354 e. The lowest BCUT2D eigenvalue weighted by Crippen LogP contribution is -2.49. The number of halogens is 2. The molecule has 2 aromatic carbocycles. The van der Waals surface area contributed by atoms with E-state index in [0.717, 1.165) is 5.56 Å². The van der Waals surface area contributed by atoms with Gasteiger partial charge in [0.1, 0.15) is 6.04 Å². The first-order valence-electron chi connectivity index (χ1n) is 12.1. The first-order chi connectivity index (χ1) is 17.1. The van der Waals surface area contributed by atoms with Crippen molar-refractivity contribution in [3.63, 3.8) is 0 Å². The monoisotopic (exact) mass is 531 g/mol.